The quantitative estimate of drug-likeness (QED) is 0.762. The Bertz CT molecular complexity index is 762. The van der Waals surface area contributed by atoms with Crippen molar-refractivity contribution in [1.29, 1.82) is 0 Å². The number of thioether (sulfide) groups is 1. The summed E-state index contributed by atoms with van der Waals surface area (Å²) in [5.74, 6) is -0.629. The van der Waals surface area contributed by atoms with Crippen molar-refractivity contribution >= 4 is 34.9 Å². The highest BCUT2D eigenvalue weighted by Gasteiger charge is 2.37. The van der Waals surface area contributed by atoms with E-state index >= 15 is 0 Å². The Hall–Kier alpha value is -2.06. The van der Waals surface area contributed by atoms with Crippen LogP contribution in [0.15, 0.2) is 11.0 Å². The molecule has 0 saturated carbocycles. The number of amides is 3. The van der Waals surface area contributed by atoms with Crippen LogP contribution in [-0.2, 0) is 21.4 Å². The largest absolute Gasteiger partial charge is 0.378 e. The fourth-order valence-electron chi connectivity index (χ4n) is 2.86. The Kier molecular flexibility index (Phi) is 5.01. The Balaban J connectivity index is 1.74. The molecule has 7 nitrogen and oxygen atoms in total. The second-order valence-corrected chi connectivity index (χ2v) is 7.14. The number of aromatic nitrogens is 1. The van der Waals surface area contributed by atoms with Gasteiger partial charge >= 0.3 is 0 Å². The summed E-state index contributed by atoms with van der Waals surface area (Å²) in [5, 5.41) is -0.400. The van der Waals surface area contributed by atoms with Gasteiger partial charge in [0.1, 0.15) is 6.54 Å². The summed E-state index contributed by atoms with van der Waals surface area (Å²) in [6, 6.07) is 1.97. The summed E-state index contributed by atoms with van der Waals surface area (Å²) in [7, 11) is 1.95. The zero-order valence-corrected chi connectivity index (χ0v) is 15.4. The number of hydrogen-bond donors (Lipinski definition) is 0. The fraction of sp³-hybridized carbons (Fsp3) is 0.471. The van der Waals surface area contributed by atoms with Gasteiger partial charge in [-0.25, -0.2) is 0 Å². The third-order valence-electron chi connectivity index (χ3n) is 4.63. The third kappa shape index (κ3) is 3.50. The molecule has 134 valence electrons. The summed E-state index contributed by atoms with van der Waals surface area (Å²) in [6.07, 6.45) is 1.73. The fourth-order valence-corrected chi connectivity index (χ4v) is 3.69. The predicted octanol–water partition coefficient (Wildman–Crippen LogP) is 1.54. The third-order valence-corrected chi connectivity index (χ3v) is 5.54. The van der Waals surface area contributed by atoms with Crippen LogP contribution in [0.3, 0.4) is 0 Å². The lowest BCUT2D eigenvalue weighted by molar-refractivity contribution is -0.139. The summed E-state index contributed by atoms with van der Waals surface area (Å²) in [5.41, 5.74) is 3.00. The highest BCUT2D eigenvalue weighted by Crippen LogP contribution is 2.33. The van der Waals surface area contributed by atoms with Gasteiger partial charge in [0.2, 0.25) is 5.91 Å². The summed E-state index contributed by atoms with van der Waals surface area (Å²) < 4.78 is 7.24. The minimum atomic E-state index is -0.405. The molecule has 0 atom stereocenters. The molecule has 1 aromatic heterocycles. The van der Waals surface area contributed by atoms with Gasteiger partial charge in [-0.2, -0.15) is 0 Å². The summed E-state index contributed by atoms with van der Waals surface area (Å²) >= 11 is 0.883. The standard InChI is InChI=1S/C17H21N3O4S/c1-11-8-13(12(2)18(11)3)9-14-16(22)20(17(23)25-14)10-15(21)19-4-6-24-7-5-19/h8-9H,4-7,10H2,1-3H3. The molecule has 2 saturated heterocycles. The van der Waals surface area contributed by atoms with E-state index < -0.39 is 11.1 Å². The first kappa shape index (κ1) is 17.8. The zero-order valence-electron chi connectivity index (χ0n) is 14.6. The molecule has 0 bridgehead atoms. The van der Waals surface area contributed by atoms with Crippen molar-refractivity contribution in [1.82, 2.24) is 14.4 Å². The van der Waals surface area contributed by atoms with E-state index in [4.69, 9.17) is 4.74 Å². The lowest BCUT2D eigenvalue weighted by Gasteiger charge is -2.28. The van der Waals surface area contributed by atoms with Crippen molar-refractivity contribution in [2.24, 2.45) is 7.05 Å². The smallest absolute Gasteiger partial charge is 0.294 e. The zero-order chi connectivity index (χ0) is 18.1. The molecule has 8 heteroatoms. The maximum absolute atomic E-state index is 12.6. The number of carbonyl (C=O) groups excluding carboxylic acids is 3. The van der Waals surface area contributed by atoms with E-state index in [-0.39, 0.29) is 12.5 Å². The molecule has 2 aliphatic heterocycles. The number of rotatable bonds is 3. The highest BCUT2D eigenvalue weighted by atomic mass is 32.2. The van der Waals surface area contributed by atoms with Gasteiger partial charge in [-0.3, -0.25) is 19.3 Å². The van der Waals surface area contributed by atoms with Gasteiger partial charge < -0.3 is 14.2 Å². The Morgan fingerprint density at radius 3 is 2.56 bits per heavy atom. The minimum Gasteiger partial charge on any atom is -0.378 e. The number of nitrogens with zero attached hydrogens (tertiary/aromatic N) is 3. The van der Waals surface area contributed by atoms with Crippen molar-refractivity contribution in [3.63, 3.8) is 0 Å². The molecule has 1 aromatic rings. The van der Waals surface area contributed by atoms with Crippen LogP contribution < -0.4 is 0 Å². The van der Waals surface area contributed by atoms with Crippen LogP contribution in [0.1, 0.15) is 17.0 Å². The molecule has 2 fully saturated rings. The molecule has 3 rings (SSSR count). The Labute approximate surface area is 150 Å². The molecule has 0 unspecified atom stereocenters. The van der Waals surface area contributed by atoms with Crippen molar-refractivity contribution < 1.29 is 19.1 Å². The van der Waals surface area contributed by atoms with Gasteiger partial charge in [-0.05, 0) is 43.3 Å². The van der Waals surface area contributed by atoms with Crippen molar-refractivity contribution in [2.75, 3.05) is 32.8 Å². The molecule has 25 heavy (non-hydrogen) atoms. The van der Waals surface area contributed by atoms with Crippen LogP contribution in [0.25, 0.3) is 6.08 Å². The summed E-state index contributed by atoms with van der Waals surface area (Å²) in [6.45, 7) is 5.69. The SMILES string of the molecule is Cc1cc(C=C2SC(=O)N(CC(=O)N3CCOCC3)C2=O)c(C)n1C. The van der Waals surface area contributed by atoms with E-state index in [2.05, 4.69) is 0 Å². The van der Waals surface area contributed by atoms with Gasteiger partial charge in [0, 0.05) is 31.5 Å². The molecule has 0 N–H and O–H groups in total. The second kappa shape index (κ2) is 7.05. The maximum Gasteiger partial charge on any atom is 0.294 e. The van der Waals surface area contributed by atoms with Crippen LogP contribution in [0.5, 0.6) is 0 Å². The van der Waals surface area contributed by atoms with Crippen molar-refractivity contribution in [3.05, 3.63) is 27.9 Å². The number of ether oxygens (including phenoxy) is 1. The van der Waals surface area contributed by atoms with E-state index in [0.717, 1.165) is 33.6 Å². The molecule has 3 amide bonds. The second-order valence-electron chi connectivity index (χ2n) is 6.15. The number of imide groups is 1. The summed E-state index contributed by atoms with van der Waals surface area (Å²) in [4.78, 5) is 40.1. The van der Waals surface area contributed by atoms with E-state index in [9.17, 15) is 14.4 Å². The predicted molar refractivity (Wildman–Crippen MR) is 95.0 cm³/mol. The van der Waals surface area contributed by atoms with E-state index in [1.54, 1.807) is 11.0 Å². The van der Waals surface area contributed by atoms with Gasteiger partial charge in [-0.1, -0.05) is 0 Å². The molecular formula is C17H21N3O4S. The molecule has 0 aromatic carbocycles. The normalized spacial score (nSPS) is 20.0. The van der Waals surface area contributed by atoms with Gasteiger partial charge in [0.05, 0.1) is 18.1 Å². The van der Waals surface area contributed by atoms with Crippen molar-refractivity contribution in [2.45, 2.75) is 13.8 Å². The van der Waals surface area contributed by atoms with Gasteiger partial charge in [0.25, 0.3) is 11.1 Å². The number of carbonyl (C=O) groups is 3. The first-order valence-electron chi connectivity index (χ1n) is 8.12. The molecule has 0 radical (unpaired) electrons. The maximum atomic E-state index is 12.6. The van der Waals surface area contributed by atoms with E-state index in [1.807, 2.05) is 31.5 Å². The number of aryl methyl sites for hydroxylation is 1. The minimum absolute atomic E-state index is 0.213. The average molecular weight is 363 g/mol. The van der Waals surface area contributed by atoms with Crippen LogP contribution in [-0.4, -0.2) is 64.3 Å². The molecule has 0 aliphatic carbocycles. The number of hydrogen-bond acceptors (Lipinski definition) is 5. The lowest BCUT2D eigenvalue weighted by Crippen LogP contribution is -2.46. The molecule has 3 heterocycles. The Morgan fingerprint density at radius 1 is 1.28 bits per heavy atom. The monoisotopic (exact) mass is 363 g/mol. The van der Waals surface area contributed by atoms with Crippen LogP contribution in [0.4, 0.5) is 4.79 Å². The molecule has 2 aliphatic rings. The lowest BCUT2D eigenvalue weighted by atomic mass is 10.2. The Morgan fingerprint density at radius 2 is 1.96 bits per heavy atom. The topological polar surface area (TPSA) is 71.9 Å². The van der Waals surface area contributed by atoms with Gasteiger partial charge in [0.15, 0.2) is 0 Å². The van der Waals surface area contributed by atoms with Crippen LogP contribution >= 0.6 is 11.8 Å². The first-order chi connectivity index (χ1) is 11.9. The average Bonchev–Trinajstić information content (AvgIpc) is 3.00. The first-order valence-corrected chi connectivity index (χ1v) is 8.94. The van der Waals surface area contributed by atoms with Crippen LogP contribution in [0, 0.1) is 13.8 Å². The molecule has 0 spiro atoms. The molecular weight excluding hydrogens is 342 g/mol. The van der Waals surface area contributed by atoms with E-state index in [1.165, 1.54) is 0 Å². The van der Waals surface area contributed by atoms with Crippen molar-refractivity contribution in [3.8, 4) is 0 Å². The van der Waals surface area contributed by atoms with Crippen LogP contribution in [0.2, 0.25) is 0 Å². The highest BCUT2D eigenvalue weighted by molar-refractivity contribution is 8.18. The van der Waals surface area contributed by atoms with Gasteiger partial charge in [-0.15, -0.1) is 0 Å². The number of morpholine rings is 1. The van der Waals surface area contributed by atoms with E-state index in [0.29, 0.717) is 31.2 Å².